The van der Waals surface area contributed by atoms with Crippen molar-refractivity contribution in [2.45, 2.75) is 5.92 Å². The Morgan fingerprint density at radius 3 is 2.04 bits per heavy atom. The molecule has 1 aliphatic heterocycles. The van der Waals surface area contributed by atoms with E-state index in [1.165, 1.54) is 7.11 Å². The van der Waals surface area contributed by atoms with Gasteiger partial charge in [0.2, 0.25) is 11.8 Å². The molecule has 1 heterocycles. The number of ether oxygens (including phenoxy) is 1. The first kappa shape index (κ1) is 18.0. The van der Waals surface area contributed by atoms with Gasteiger partial charge in [-0.15, -0.1) is 0 Å². The van der Waals surface area contributed by atoms with Gasteiger partial charge >= 0.3 is 0 Å². The predicted molar refractivity (Wildman–Crippen MR) is 89.2 cm³/mol. The third-order valence-corrected chi connectivity index (χ3v) is 3.77. The first-order valence-corrected chi connectivity index (χ1v) is 7.98. The summed E-state index contributed by atoms with van der Waals surface area (Å²) in [6, 6.07) is 4.76. The summed E-state index contributed by atoms with van der Waals surface area (Å²) in [5, 5.41) is 22.1. The molecule has 132 valence electrons. The zero-order chi connectivity index (χ0) is 17.4. The molecule has 1 aliphatic rings. The van der Waals surface area contributed by atoms with Gasteiger partial charge in [0.05, 0.1) is 7.11 Å². The van der Waals surface area contributed by atoms with Gasteiger partial charge in [-0.05, 0) is 6.07 Å². The number of hydrogen-bond donors (Lipinski definition) is 5. The highest BCUT2D eigenvalue weighted by atomic mass is 16.5. The van der Waals surface area contributed by atoms with Crippen LogP contribution in [0.2, 0.25) is 0 Å². The summed E-state index contributed by atoms with van der Waals surface area (Å²) in [6.45, 7) is 3.56. The van der Waals surface area contributed by atoms with Gasteiger partial charge in [-0.1, -0.05) is 12.1 Å². The van der Waals surface area contributed by atoms with Gasteiger partial charge in [-0.3, -0.25) is 9.59 Å². The van der Waals surface area contributed by atoms with Crippen LogP contribution in [-0.4, -0.2) is 63.3 Å². The highest BCUT2D eigenvalue weighted by Crippen LogP contribution is 2.34. The van der Waals surface area contributed by atoms with Crippen molar-refractivity contribution in [3.8, 4) is 11.5 Å². The Balaban J connectivity index is 2.26. The number of amides is 2. The van der Waals surface area contributed by atoms with Crippen LogP contribution in [0.4, 0.5) is 0 Å². The minimum atomic E-state index is -1.14. The number of phenols is 1. The van der Waals surface area contributed by atoms with Gasteiger partial charge in [0.15, 0.2) is 11.5 Å². The molecule has 5 N–H and O–H groups in total. The molecule has 0 bridgehead atoms. The molecule has 2 amide bonds. The van der Waals surface area contributed by atoms with Crippen molar-refractivity contribution in [3.05, 3.63) is 23.8 Å². The minimum Gasteiger partial charge on any atom is -0.504 e. The van der Waals surface area contributed by atoms with Crippen LogP contribution in [0.5, 0.6) is 11.5 Å². The fraction of sp³-hybridized carbons (Fsp3) is 0.500. The zero-order valence-corrected chi connectivity index (χ0v) is 13.7. The van der Waals surface area contributed by atoms with Crippen molar-refractivity contribution in [2.24, 2.45) is 0 Å². The minimum absolute atomic E-state index is 0.198. The SMILES string of the molecule is COc1cccc(C2C(=O)NCCNCCNCCNC2=O)c1O. The summed E-state index contributed by atoms with van der Waals surface area (Å²) in [4.78, 5) is 25.0. The van der Waals surface area contributed by atoms with E-state index in [-0.39, 0.29) is 17.1 Å². The number of nitrogens with one attached hydrogen (secondary N) is 4. The quantitative estimate of drug-likeness (QED) is 0.439. The van der Waals surface area contributed by atoms with Crippen LogP contribution in [0.3, 0.4) is 0 Å². The van der Waals surface area contributed by atoms with E-state index >= 15 is 0 Å². The number of phenolic OH excluding ortho intramolecular Hbond substituents is 1. The average molecular weight is 336 g/mol. The molecule has 1 saturated heterocycles. The van der Waals surface area contributed by atoms with E-state index in [2.05, 4.69) is 21.3 Å². The van der Waals surface area contributed by atoms with Crippen molar-refractivity contribution in [1.82, 2.24) is 21.3 Å². The highest BCUT2D eigenvalue weighted by molar-refractivity contribution is 6.06. The Hall–Kier alpha value is -2.32. The number of para-hydroxylation sites is 1. The van der Waals surface area contributed by atoms with Gasteiger partial charge in [-0.25, -0.2) is 0 Å². The van der Waals surface area contributed by atoms with Crippen LogP contribution >= 0.6 is 0 Å². The summed E-state index contributed by atoms with van der Waals surface area (Å²) < 4.78 is 5.07. The smallest absolute Gasteiger partial charge is 0.237 e. The Kier molecular flexibility index (Phi) is 6.83. The van der Waals surface area contributed by atoms with Crippen LogP contribution in [0.1, 0.15) is 11.5 Å². The Morgan fingerprint density at radius 2 is 1.50 bits per heavy atom. The van der Waals surface area contributed by atoms with Crippen LogP contribution in [0.15, 0.2) is 18.2 Å². The molecule has 0 unspecified atom stereocenters. The fourth-order valence-corrected chi connectivity index (χ4v) is 2.52. The number of methoxy groups -OCH3 is 1. The monoisotopic (exact) mass is 336 g/mol. The summed E-state index contributed by atoms with van der Waals surface area (Å²) in [7, 11) is 1.42. The maximum absolute atomic E-state index is 12.5. The van der Waals surface area contributed by atoms with E-state index in [9.17, 15) is 14.7 Å². The van der Waals surface area contributed by atoms with Crippen LogP contribution in [0, 0.1) is 0 Å². The van der Waals surface area contributed by atoms with E-state index in [4.69, 9.17) is 4.74 Å². The topological polar surface area (TPSA) is 112 Å². The van der Waals surface area contributed by atoms with Crippen molar-refractivity contribution < 1.29 is 19.4 Å². The van der Waals surface area contributed by atoms with E-state index in [0.29, 0.717) is 26.2 Å². The van der Waals surface area contributed by atoms with Crippen LogP contribution < -0.4 is 26.0 Å². The molecule has 2 rings (SSSR count). The predicted octanol–water partition coefficient (Wildman–Crippen LogP) is -1.09. The molecule has 0 aliphatic carbocycles. The second kappa shape index (κ2) is 9.09. The summed E-state index contributed by atoms with van der Waals surface area (Å²) in [6.07, 6.45) is 0. The summed E-state index contributed by atoms with van der Waals surface area (Å²) in [5.74, 6) is -2.02. The van der Waals surface area contributed by atoms with Gasteiger partial charge in [0.1, 0.15) is 5.92 Å². The summed E-state index contributed by atoms with van der Waals surface area (Å²) >= 11 is 0. The van der Waals surface area contributed by atoms with Crippen molar-refractivity contribution in [3.63, 3.8) is 0 Å². The second-order valence-electron chi connectivity index (χ2n) is 5.41. The number of carbonyl (C=O) groups is 2. The molecule has 0 spiro atoms. The lowest BCUT2D eigenvalue weighted by atomic mass is 9.95. The second-order valence-corrected chi connectivity index (χ2v) is 5.41. The molecule has 0 radical (unpaired) electrons. The lowest BCUT2D eigenvalue weighted by molar-refractivity contribution is -0.131. The summed E-state index contributed by atoms with van der Waals surface area (Å²) in [5.41, 5.74) is 0.222. The Bertz CT molecular complexity index is 555. The van der Waals surface area contributed by atoms with E-state index in [0.717, 1.165) is 13.1 Å². The maximum atomic E-state index is 12.5. The van der Waals surface area contributed by atoms with Gasteiger partial charge in [-0.2, -0.15) is 0 Å². The molecule has 0 atom stereocenters. The third-order valence-electron chi connectivity index (χ3n) is 3.77. The number of carbonyl (C=O) groups excluding carboxylic acids is 2. The lowest BCUT2D eigenvalue weighted by Crippen LogP contribution is -2.42. The van der Waals surface area contributed by atoms with Crippen molar-refractivity contribution in [2.75, 3.05) is 46.4 Å². The number of hydrogen-bond acceptors (Lipinski definition) is 6. The van der Waals surface area contributed by atoms with Gasteiger partial charge in [0.25, 0.3) is 0 Å². The number of aromatic hydroxyl groups is 1. The van der Waals surface area contributed by atoms with E-state index in [1.807, 2.05) is 0 Å². The van der Waals surface area contributed by atoms with Gasteiger partial charge < -0.3 is 31.1 Å². The van der Waals surface area contributed by atoms with Crippen LogP contribution in [0.25, 0.3) is 0 Å². The maximum Gasteiger partial charge on any atom is 0.237 e. The first-order chi connectivity index (χ1) is 11.6. The normalized spacial score (nSPS) is 18.5. The molecule has 24 heavy (non-hydrogen) atoms. The molecule has 0 saturated carbocycles. The first-order valence-electron chi connectivity index (χ1n) is 7.98. The molecular weight excluding hydrogens is 312 g/mol. The molecule has 8 nitrogen and oxygen atoms in total. The van der Waals surface area contributed by atoms with Gasteiger partial charge in [0, 0.05) is 44.8 Å². The Labute approximate surface area is 141 Å². The molecular formula is C16H24N4O4. The lowest BCUT2D eigenvalue weighted by Gasteiger charge is -2.19. The molecule has 8 heteroatoms. The van der Waals surface area contributed by atoms with E-state index < -0.39 is 17.7 Å². The third kappa shape index (κ3) is 4.59. The number of benzene rings is 1. The molecule has 1 aromatic rings. The zero-order valence-electron chi connectivity index (χ0n) is 13.7. The largest absolute Gasteiger partial charge is 0.504 e. The highest BCUT2D eigenvalue weighted by Gasteiger charge is 2.31. The van der Waals surface area contributed by atoms with Crippen LogP contribution in [-0.2, 0) is 9.59 Å². The molecule has 1 aromatic carbocycles. The molecule has 1 fully saturated rings. The standard InChI is InChI=1S/C16H24N4O4/c1-24-12-4-2-3-11(14(12)21)13-15(22)19-9-7-17-5-6-18-8-10-20-16(13)23/h2-4,13,17-18,21H,5-10H2,1H3,(H,19,22)(H,20,23). The average Bonchev–Trinajstić information content (AvgIpc) is 2.59. The Morgan fingerprint density at radius 1 is 0.958 bits per heavy atom. The fourth-order valence-electron chi connectivity index (χ4n) is 2.52. The van der Waals surface area contributed by atoms with E-state index in [1.54, 1.807) is 18.2 Å². The molecule has 0 aromatic heterocycles. The van der Waals surface area contributed by atoms with Crippen molar-refractivity contribution >= 4 is 11.8 Å². The van der Waals surface area contributed by atoms with Crippen molar-refractivity contribution in [1.29, 1.82) is 0 Å². The number of rotatable bonds is 2.